The van der Waals surface area contributed by atoms with Crippen molar-refractivity contribution < 1.29 is 19.3 Å². The highest BCUT2D eigenvalue weighted by atomic mass is 16.2. The first kappa shape index (κ1) is 21.1. The Labute approximate surface area is 165 Å². The zero-order chi connectivity index (χ0) is 20.7. The van der Waals surface area contributed by atoms with Crippen LogP contribution >= 0.6 is 0 Å². The summed E-state index contributed by atoms with van der Waals surface area (Å²) >= 11 is 0. The van der Waals surface area contributed by atoms with Crippen LogP contribution in [0.25, 0.3) is 0 Å². The summed E-state index contributed by atoms with van der Waals surface area (Å²) in [7, 11) is 3.19. The minimum Gasteiger partial charge on any atom is -0.341 e. The van der Waals surface area contributed by atoms with Crippen molar-refractivity contribution >= 4 is 23.5 Å². The number of hydrogen-bond donors (Lipinski definition) is 4. The number of aryl methyl sites for hydroxylation is 1. The number of rotatable bonds is 6. The lowest BCUT2D eigenvalue weighted by Gasteiger charge is -2.24. The van der Waals surface area contributed by atoms with E-state index < -0.39 is 18.0 Å². The van der Waals surface area contributed by atoms with Gasteiger partial charge in [0.15, 0.2) is 12.6 Å². The molecule has 7 nitrogen and oxygen atoms in total. The second-order valence-corrected chi connectivity index (χ2v) is 6.73. The number of imide groups is 1. The van der Waals surface area contributed by atoms with Crippen LogP contribution in [0.1, 0.15) is 22.7 Å². The average molecular weight is 383 g/mol. The predicted octanol–water partition coefficient (Wildman–Crippen LogP) is 0.954. The molecule has 0 aromatic heterocycles. The number of likely N-dealkylation sites (N-methyl/N-ethyl adjacent to an activating group) is 1. The largest absolute Gasteiger partial charge is 0.341 e. The molecule has 4 N–H and O–H groups in total. The fraction of sp³-hybridized carbons (Fsp3) is 0.286. The third kappa shape index (κ3) is 5.40. The van der Waals surface area contributed by atoms with E-state index in [2.05, 4.69) is 16.0 Å². The van der Waals surface area contributed by atoms with Gasteiger partial charge in [-0.1, -0.05) is 42.5 Å². The zero-order valence-electron chi connectivity index (χ0n) is 16.6. The maximum Gasteiger partial charge on any atom is 0.321 e. The molecule has 1 unspecified atom stereocenters. The number of carbonyl (C=O) groups excluding carboxylic acids is 3. The van der Waals surface area contributed by atoms with Gasteiger partial charge in [0.2, 0.25) is 0 Å². The predicted molar refractivity (Wildman–Crippen MR) is 108 cm³/mol. The summed E-state index contributed by atoms with van der Waals surface area (Å²) in [4.78, 5) is 37.5. The maximum atomic E-state index is 12.7. The Balaban J connectivity index is 2.16. The molecule has 0 spiro atoms. The molecule has 0 heterocycles. The minimum absolute atomic E-state index is 0.0636. The summed E-state index contributed by atoms with van der Waals surface area (Å²) in [5.74, 6) is -0.678. The Hall–Kier alpha value is -3.19. The Morgan fingerprint density at radius 2 is 1.68 bits per heavy atom. The van der Waals surface area contributed by atoms with Gasteiger partial charge in [-0.05, 0) is 31.0 Å². The van der Waals surface area contributed by atoms with Crippen molar-refractivity contribution in [2.75, 3.05) is 26.0 Å². The van der Waals surface area contributed by atoms with E-state index in [9.17, 15) is 14.4 Å². The molecule has 7 heteroatoms. The number of nitrogens with one attached hydrogen (secondary N) is 4. The quantitative estimate of drug-likeness (QED) is 0.599. The van der Waals surface area contributed by atoms with Crippen molar-refractivity contribution in [2.45, 2.75) is 19.9 Å². The van der Waals surface area contributed by atoms with Gasteiger partial charge < -0.3 is 15.5 Å². The fourth-order valence-electron chi connectivity index (χ4n) is 2.99. The van der Waals surface area contributed by atoms with Gasteiger partial charge in [0.25, 0.3) is 11.8 Å². The molecule has 0 radical (unpaired) electrons. The van der Waals surface area contributed by atoms with E-state index in [1.165, 1.54) is 7.05 Å². The third-order valence-corrected chi connectivity index (χ3v) is 4.67. The van der Waals surface area contributed by atoms with E-state index in [1.54, 1.807) is 19.2 Å². The summed E-state index contributed by atoms with van der Waals surface area (Å²) in [5.41, 5.74) is 3.57. The third-order valence-electron chi connectivity index (χ3n) is 4.67. The van der Waals surface area contributed by atoms with Crippen molar-refractivity contribution in [2.24, 2.45) is 0 Å². The highest BCUT2D eigenvalue weighted by Gasteiger charge is 2.31. The van der Waals surface area contributed by atoms with Crippen molar-refractivity contribution in [1.29, 1.82) is 0 Å². The lowest BCUT2D eigenvalue weighted by molar-refractivity contribution is -0.894. The molecule has 0 aliphatic rings. The number of anilines is 1. The van der Waals surface area contributed by atoms with Crippen LogP contribution in [0.2, 0.25) is 0 Å². The molecule has 0 saturated carbocycles. The van der Waals surface area contributed by atoms with Crippen LogP contribution in [0.3, 0.4) is 0 Å². The van der Waals surface area contributed by atoms with Crippen molar-refractivity contribution in [3.8, 4) is 0 Å². The molecule has 0 aliphatic carbocycles. The van der Waals surface area contributed by atoms with Gasteiger partial charge >= 0.3 is 6.03 Å². The molecule has 2 rings (SSSR count). The molecule has 28 heavy (non-hydrogen) atoms. The molecule has 2 atom stereocenters. The van der Waals surface area contributed by atoms with Crippen LogP contribution in [-0.2, 0) is 9.59 Å². The highest BCUT2D eigenvalue weighted by molar-refractivity contribution is 5.97. The number of amides is 4. The zero-order valence-corrected chi connectivity index (χ0v) is 16.6. The van der Waals surface area contributed by atoms with Crippen LogP contribution in [0.15, 0.2) is 48.5 Å². The smallest absolute Gasteiger partial charge is 0.321 e. The van der Waals surface area contributed by atoms with Crippen LogP contribution in [0.4, 0.5) is 10.5 Å². The van der Waals surface area contributed by atoms with Gasteiger partial charge in [-0.25, -0.2) is 4.79 Å². The van der Waals surface area contributed by atoms with Crippen LogP contribution in [-0.4, -0.2) is 38.5 Å². The standard InChI is InChI=1S/C21H26N4O3/c1-14-9-8-12-17(15(14)2)23-18(26)13-25(4)19(16-10-6-5-7-11-16)20(27)24-21(28)22-3/h5-12,19H,13H2,1-4H3,(H,23,26)(H2,22,24,27,28)/p+1/t19-/m1/s1. The summed E-state index contributed by atoms with van der Waals surface area (Å²) in [6, 6.07) is 13.5. The topological polar surface area (TPSA) is 91.7 Å². The van der Waals surface area contributed by atoms with E-state index in [-0.39, 0.29) is 12.5 Å². The molecule has 148 valence electrons. The highest BCUT2D eigenvalue weighted by Crippen LogP contribution is 2.17. The van der Waals surface area contributed by atoms with Gasteiger partial charge in [0, 0.05) is 18.3 Å². The normalized spacial score (nSPS) is 12.6. The number of benzene rings is 2. The van der Waals surface area contributed by atoms with Gasteiger partial charge in [-0.2, -0.15) is 0 Å². The fourth-order valence-corrected chi connectivity index (χ4v) is 2.99. The van der Waals surface area contributed by atoms with E-state index in [0.717, 1.165) is 22.4 Å². The van der Waals surface area contributed by atoms with Crippen molar-refractivity contribution in [3.63, 3.8) is 0 Å². The van der Waals surface area contributed by atoms with Gasteiger partial charge in [-0.3, -0.25) is 14.9 Å². The summed E-state index contributed by atoms with van der Waals surface area (Å²) in [5, 5.41) is 7.58. The van der Waals surface area contributed by atoms with E-state index in [4.69, 9.17) is 0 Å². The van der Waals surface area contributed by atoms with E-state index >= 15 is 0 Å². The molecule has 4 amide bonds. The van der Waals surface area contributed by atoms with Gasteiger partial charge in [0.05, 0.1) is 7.05 Å². The SMILES string of the molecule is CNC(=O)NC(=O)[C@@H](c1ccccc1)[NH+](C)CC(=O)Nc1cccc(C)c1C. The molecule has 0 aliphatic heterocycles. The second kappa shape index (κ2) is 9.66. The molecule has 0 fully saturated rings. The Morgan fingerprint density at radius 1 is 1.00 bits per heavy atom. The Bertz CT molecular complexity index is 852. The monoisotopic (exact) mass is 383 g/mol. The molecule has 0 bridgehead atoms. The number of urea groups is 1. The molecule has 0 saturated heterocycles. The number of carbonyl (C=O) groups is 3. The van der Waals surface area contributed by atoms with Gasteiger partial charge in [-0.15, -0.1) is 0 Å². The van der Waals surface area contributed by atoms with Gasteiger partial charge in [0.1, 0.15) is 0 Å². The van der Waals surface area contributed by atoms with E-state index in [1.807, 2.05) is 50.2 Å². The lowest BCUT2D eigenvalue weighted by atomic mass is 10.0. The lowest BCUT2D eigenvalue weighted by Crippen LogP contribution is -3.11. The number of quaternary nitrogens is 1. The molecule has 2 aromatic rings. The summed E-state index contributed by atoms with van der Waals surface area (Å²) in [6.45, 7) is 4.00. The summed E-state index contributed by atoms with van der Waals surface area (Å²) in [6.07, 6.45) is 0. The summed E-state index contributed by atoms with van der Waals surface area (Å²) < 4.78 is 0. The first-order chi connectivity index (χ1) is 13.3. The maximum absolute atomic E-state index is 12.7. The molecular weight excluding hydrogens is 356 g/mol. The number of hydrogen-bond acceptors (Lipinski definition) is 3. The van der Waals surface area contributed by atoms with Crippen LogP contribution in [0.5, 0.6) is 0 Å². The average Bonchev–Trinajstić information content (AvgIpc) is 2.66. The first-order valence-electron chi connectivity index (χ1n) is 9.09. The Morgan fingerprint density at radius 3 is 2.32 bits per heavy atom. The molecule has 2 aromatic carbocycles. The van der Waals surface area contributed by atoms with Crippen molar-refractivity contribution in [3.05, 3.63) is 65.2 Å². The second-order valence-electron chi connectivity index (χ2n) is 6.73. The van der Waals surface area contributed by atoms with E-state index in [0.29, 0.717) is 4.90 Å². The minimum atomic E-state index is -0.706. The Kier molecular flexibility index (Phi) is 7.28. The van der Waals surface area contributed by atoms with Crippen molar-refractivity contribution in [1.82, 2.24) is 10.6 Å². The van der Waals surface area contributed by atoms with Crippen LogP contribution in [0, 0.1) is 13.8 Å². The van der Waals surface area contributed by atoms with Crippen LogP contribution < -0.4 is 20.9 Å². The first-order valence-corrected chi connectivity index (χ1v) is 9.09. The molecular formula is C21H27N4O3+.